The molecule has 0 unspecified atom stereocenters. The van der Waals surface area contributed by atoms with Gasteiger partial charge in [-0.1, -0.05) is 12.1 Å². The van der Waals surface area contributed by atoms with Gasteiger partial charge in [-0.25, -0.2) is 4.68 Å². The molecule has 1 aromatic carbocycles. The molecular weight excluding hydrogens is 358 g/mol. The molecule has 1 aliphatic heterocycles. The smallest absolute Gasteiger partial charge is 0.133 e. The minimum Gasteiger partial charge on any atom is -0.370 e. The van der Waals surface area contributed by atoms with Crippen LogP contribution in [-0.2, 0) is 6.42 Å². The number of nitrogens with one attached hydrogen (secondary N) is 1. The number of rotatable bonds is 2. The Labute approximate surface area is 142 Å². The fourth-order valence-electron chi connectivity index (χ4n) is 2.93. The van der Waals surface area contributed by atoms with Crippen molar-refractivity contribution in [1.82, 2.24) is 9.78 Å². The zero-order valence-electron chi connectivity index (χ0n) is 12.1. The summed E-state index contributed by atoms with van der Waals surface area (Å²) in [5.41, 5.74) is 4.75. The molecule has 0 saturated carbocycles. The molecule has 3 nitrogen and oxygen atoms in total. The summed E-state index contributed by atoms with van der Waals surface area (Å²) in [6.45, 7) is 1.01. The van der Waals surface area contributed by atoms with E-state index < -0.39 is 0 Å². The molecule has 0 radical (unpaired) electrons. The van der Waals surface area contributed by atoms with Crippen molar-refractivity contribution in [1.29, 1.82) is 0 Å². The van der Waals surface area contributed by atoms with E-state index in [2.05, 4.69) is 61.0 Å². The number of halogens is 1. The van der Waals surface area contributed by atoms with Gasteiger partial charge < -0.3 is 5.32 Å². The fourth-order valence-corrected chi connectivity index (χ4v) is 4.02. The van der Waals surface area contributed by atoms with Crippen LogP contribution in [0.2, 0.25) is 0 Å². The molecule has 0 atom stereocenters. The van der Waals surface area contributed by atoms with E-state index in [1.165, 1.54) is 24.0 Å². The molecule has 3 aromatic rings. The maximum Gasteiger partial charge on any atom is 0.133 e. The van der Waals surface area contributed by atoms with Gasteiger partial charge in [0.05, 0.1) is 11.4 Å². The van der Waals surface area contributed by atoms with Gasteiger partial charge in [-0.15, -0.1) is 0 Å². The van der Waals surface area contributed by atoms with Crippen LogP contribution in [0.15, 0.2) is 45.6 Å². The molecule has 4 rings (SSSR count). The number of nitrogens with zero attached hydrogens (tertiary/aromatic N) is 2. The third-order valence-corrected chi connectivity index (χ3v) is 5.36. The second-order valence-corrected chi connectivity index (χ2v) is 7.07. The molecular formula is C17H16BrN3S. The van der Waals surface area contributed by atoms with Crippen molar-refractivity contribution < 1.29 is 0 Å². The van der Waals surface area contributed by atoms with Crippen molar-refractivity contribution in [2.45, 2.75) is 19.3 Å². The van der Waals surface area contributed by atoms with Gasteiger partial charge in [-0.3, -0.25) is 0 Å². The summed E-state index contributed by atoms with van der Waals surface area (Å²) in [6, 6.07) is 10.4. The third kappa shape index (κ3) is 2.38. The van der Waals surface area contributed by atoms with Crippen molar-refractivity contribution in [3.8, 4) is 16.9 Å². The highest BCUT2D eigenvalue weighted by molar-refractivity contribution is 9.10. The van der Waals surface area contributed by atoms with Crippen molar-refractivity contribution in [2.24, 2.45) is 0 Å². The summed E-state index contributed by atoms with van der Waals surface area (Å²) < 4.78 is 3.11. The number of anilines is 1. The Morgan fingerprint density at radius 1 is 1.18 bits per heavy atom. The van der Waals surface area contributed by atoms with E-state index in [9.17, 15) is 0 Å². The average Bonchev–Trinajstić information content (AvgIpc) is 3.10. The molecule has 22 heavy (non-hydrogen) atoms. The molecule has 3 heterocycles. The summed E-state index contributed by atoms with van der Waals surface area (Å²) in [6.07, 6.45) is 3.49. The molecule has 0 aliphatic carbocycles. The van der Waals surface area contributed by atoms with Crippen LogP contribution < -0.4 is 5.32 Å². The molecule has 0 fully saturated rings. The van der Waals surface area contributed by atoms with Crippen LogP contribution in [0.3, 0.4) is 0 Å². The first kappa shape index (κ1) is 14.0. The summed E-state index contributed by atoms with van der Waals surface area (Å²) in [5, 5.41) is 12.8. The Balaban J connectivity index is 1.94. The van der Waals surface area contributed by atoms with Crippen LogP contribution in [0.1, 0.15) is 18.4 Å². The summed E-state index contributed by atoms with van der Waals surface area (Å²) >= 11 is 5.37. The van der Waals surface area contributed by atoms with Gasteiger partial charge in [0.15, 0.2) is 0 Å². The molecule has 5 heteroatoms. The van der Waals surface area contributed by atoms with Gasteiger partial charge in [0.25, 0.3) is 0 Å². The predicted octanol–water partition coefficient (Wildman–Crippen LogP) is 5.11. The topological polar surface area (TPSA) is 29.9 Å². The SMILES string of the molecule is Brc1ccccc1-n1nc(-c2ccsc2)c2c1NCCCC2. The molecule has 0 amide bonds. The van der Waals surface area contributed by atoms with E-state index in [-0.39, 0.29) is 0 Å². The molecule has 1 N–H and O–H groups in total. The molecule has 0 bridgehead atoms. The quantitative estimate of drug-likeness (QED) is 0.676. The van der Waals surface area contributed by atoms with Gasteiger partial charge in [-0.05, 0) is 58.8 Å². The second-order valence-electron chi connectivity index (χ2n) is 5.43. The largest absolute Gasteiger partial charge is 0.370 e. The first-order chi connectivity index (χ1) is 10.8. The van der Waals surface area contributed by atoms with E-state index in [0.29, 0.717) is 0 Å². The lowest BCUT2D eigenvalue weighted by Gasteiger charge is -2.10. The van der Waals surface area contributed by atoms with Gasteiger partial charge in [0, 0.05) is 27.5 Å². The average molecular weight is 374 g/mol. The zero-order valence-corrected chi connectivity index (χ0v) is 14.5. The lowest BCUT2D eigenvalue weighted by molar-refractivity contribution is 0.780. The fraction of sp³-hybridized carbons (Fsp3) is 0.235. The number of para-hydroxylation sites is 1. The zero-order chi connectivity index (χ0) is 14.9. The Morgan fingerprint density at radius 2 is 2.09 bits per heavy atom. The molecule has 1 aliphatic rings. The van der Waals surface area contributed by atoms with Crippen LogP contribution in [0, 0.1) is 0 Å². The van der Waals surface area contributed by atoms with E-state index in [4.69, 9.17) is 5.10 Å². The number of thiophene rings is 1. The minimum atomic E-state index is 1.01. The normalized spacial score (nSPS) is 14.2. The van der Waals surface area contributed by atoms with E-state index in [1.54, 1.807) is 11.3 Å². The maximum absolute atomic E-state index is 4.94. The number of hydrogen-bond acceptors (Lipinski definition) is 3. The van der Waals surface area contributed by atoms with Gasteiger partial charge in [0.1, 0.15) is 5.82 Å². The van der Waals surface area contributed by atoms with Crippen LogP contribution in [0.5, 0.6) is 0 Å². The highest BCUT2D eigenvalue weighted by atomic mass is 79.9. The Morgan fingerprint density at radius 3 is 2.91 bits per heavy atom. The van der Waals surface area contributed by atoms with Gasteiger partial charge in [-0.2, -0.15) is 16.4 Å². The van der Waals surface area contributed by atoms with E-state index >= 15 is 0 Å². The second kappa shape index (κ2) is 5.89. The first-order valence-electron chi connectivity index (χ1n) is 7.48. The van der Waals surface area contributed by atoms with Crippen LogP contribution in [-0.4, -0.2) is 16.3 Å². The molecule has 112 valence electrons. The lowest BCUT2D eigenvalue weighted by Crippen LogP contribution is -2.07. The highest BCUT2D eigenvalue weighted by Crippen LogP contribution is 2.36. The highest BCUT2D eigenvalue weighted by Gasteiger charge is 2.22. The number of benzene rings is 1. The molecule has 0 saturated heterocycles. The van der Waals surface area contributed by atoms with Crippen molar-refractivity contribution in [3.05, 3.63) is 51.1 Å². The molecule has 2 aromatic heterocycles. The number of fused-ring (bicyclic) bond motifs is 1. The van der Waals surface area contributed by atoms with Gasteiger partial charge >= 0.3 is 0 Å². The van der Waals surface area contributed by atoms with Crippen molar-refractivity contribution >= 4 is 33.1 Å². The summed E-state index contributed by atoms with van der Waals surface area (Å²) in [5.74, 6) is 1.14. The minimum absolute atomic E-state index is 1.01. The predicted molar refractivity (Wildman–Crippen MR) is 96.0 cm³/mol. The number of aromatic nitrogens is 2. The van der Waals surface area contributed by atoms with E-state index in [0.717, 1.165) is 34.6 Å². The molecule has 0 spiro atoms. The Kier molecular flexibility index (Phi) is 3.76. The van der Waals surface area contributed by atoms with Gasteiger partial charge in [0.2, 0.25) is 0 Å². The standard InChI is InChI=1S/C17H16BrN3S/c18-14-6-1-2-7-15(14)21-17-13(5-3-4-9-19-17)16(20-21)12-8-10-22-11-12/h1-2,6-8,10-11,19H,3-5,9H2. The van der Waals surface area contributed by atoms with Crippen LogP contribution in [0.4, 0.5) is 5.82 Å². The lowest BCUT2D eigenvalue weighted by atomic mass is 10.1. The van der Waals surface area contributed by atoms with E-state index in [1.807, 2.05) is 6.07 Å². The van der Waals surface area contributed by atoms with Crippen LogP contribution >= 0.6 is 27.3 Å². The van der Waals surface area contributed by atoms with Crippen LogP contribution in [0.25, 0.3) is 16.9 Å². The number of hydrogen-bond donors (Lipinski definition) is 1. The van der Waals surface area contributed by atoms with Crippen molar-refractivity contribution in [3.63, 3.8) is 0 Å². The van der Waals surface area contributed by atoms with Crippen molar-refractivity contribution in [2.75, 3.05) is 11.9 Å². The summed E-state index contributed by atoms with van der Waals surface area (Å²) in [4.78, 5) is 0. The maximum atomic E-state index is 4.94. The first-order valence-corrected chi connectivity index (χ1v) is 9.21. The summed E-state index contributed by atoms with van der Waals surface area (Å²) in [7, 11) is 0. The Hall–Kier alpha value is -1.59. The monoisotopic (exact) mass is 373 g/mol. The third-order valence-electron chi connectivity index (χ3n) is 4.00. The Bertz CT molecular complexity index is 792.